The third kappa shape index (κ3) is 2.83. The van der Waals surface area contributed by atoms with Gasteiger partial charge in [0.15, 0.2) is 5.69 Å². The molecule has 0 aromatic carbocycles. The molecule has 3 rings (SSSR count). The van der Waals surface area contributed by atoms with Gasteiger partial charge in [-0.2, -0.15) is 5.10 Å². The molecule has 0 bridgehead atoms. The molecule has 1 aromatic heterocycles. The largest absolute Gasteiger partial charge is 0.337 e. The Kier molecular flexibility index (Phi) is 5.05. The van der Waals surface area contributed by atoms with E-state index in [0.717, 1.165) is 43.6 Å². The van der Waals surface area contributed by atoms with Crippen molar-refractivity contribution in [3.05, 3.63) is 17.0 Å². The Morgan fingerprint density at radius 3 is 2.80 bits per heavy atom. The van der Waals surface area contributed by atoms with Crippen molar-refractivity contribution in [3.8, 4) is 0 Å². The molecule has 0 spiro atoms. The van der Waals surface area contributed by atoms with E-state index >= 15 is 0 Å². The smallest absolute Gasteiger partial charge is 0.274 e. The van der Waals surface area contributed by atoms with Gasteiger partial charge >= 0.3 is 0 Å². The molecule has 1 aliphatic carbocycles. The number of carbonyl (C=O) groups excluding carboxylic acids is 1. The van der Waals surface area contributed by atoms with E-state index in [9.17, 15) is 4.79 Å². The van der Waals surface area contributed by atoms with Gasteiger partial charge in [0.25, 0.3) is 5.91 Å². The second-order valence-corrected chi connectivity index (χ2v) is 5.66. The second kappa shape index (κ2) is 6.59. The van der Waals surface area contributed by atoms with E-state index in [1.54, 1.807) is 0 Å². The lowest BCUT2D eigenvalue weighted by molar-refractivity contribution is 0.0689. The molecule has 6 heteroatoms. The first-order valence-electron chi connectivity index (χ1n) is 7.31. The zero-order chi connectivity index (χ0) is 13.2. The number of nitrogens with zero attached hydrogens (tertiary/aromatic N) is 2. The quantitative estimate of drug-likeness (QED) is 0.876. The highest BCUT2D eigenvalue weighted by molar-refractivity contribution is 5.94. The minimum atomic E-state index is 0. The van der Waals surface area contributed by atoms with E-state index in [-0.39, 0.29) is 18.3 Å². The van der Waals surface area contributed by atoms with Gasteiger partial charge in [0.1, 0.15) is 0 Å². The van der Waals surface area contributed by atoms with E-state index < -0.39 is 0 Å². The summed E-state index contributed by atoms with van der Waals surface area (Å²) in [6, 6.07) is 0.394. The Morgan fingerprint density at radius 2 is 2.05 bits per heavy atom. The van der Waals surface area contributed by atoms with Gasteiger partial charge in [-0.1, -0.05) is 19.3 Å². The van der Waals surface area contributed by atoms with Crippen molar-refractivity contribution < 1.29 is 4.79 Å². The summed E-state index contributed by atoms with van der Waals surface area (Å²) in [5, 5.41) is 10.6. The van der Waals surface area contributed by atoms with Gasteiger partial charge in [-0.3, -0.25) is 9.89 Å². The van der Waals surface area contributed by atoms with Crippen LogP contribution in [-0.4, -0.2) is 40.6 Å². The molecule has 0 atom stereocenters. The number of hydrogen-bond donors (Lipinski definition) is 2. The van der Waals surface area contributed by atoms with E-state index in [0.29, 0.717) is 11.7 Å². The van der Waals surface area contributed by atoms with Crippen LogP contribution in [0.2, 0.25) is 0 Å². The summed E-state index contributed by atoms with van der Waals surface area (Å²) >= 11 is 0. The van der Waals surface area contributed by atoms with Gasteiger partial charge in [0, 0.05) is 43.9 Å². The summed E-state index contributed by atoms with van der Waals surface area (Å²) < 4.78 is 0. The van der Waals surface area contributed by atoms with Gasteiger partial charge in [-0.25, -0.2) is 0 Å². The molecule has 0 saturated heterocycles. The Bertz CT molecular complexity index is 468. The van der Waals surface area contributed by atoms with E-state index in [2.05, 4.69) is 15.5 Å². The molecule has 1 saturated carbocycles. The predicted octanol–water partition coefficient (Wildman–Crippen LogP) is 1.88. The summed E-state index contributed by atoms with van der Waals surface area (Å²) in [6.45, 7) is 1.71. The number of aromatic amines is 1. The first-order valence-corrected chi connectivity index (χ1v) is 7.31. The van der Waals surface area contributed by atoms with E-state index in [1.807, 2.05) is 11.9 Å². The highest BCUT2D eigenvalue weighted by Gasteiger charge is 2.28. The van der Waals surface area contributed by atoms with Crippen molar-refractivity contribution in [2.45, 2.75) is 51.1 Å². The van der Waals surface area contributed by atoms with Crippen molar-refractivity contribution in [3.63, 3.8) is 0 Å². The van der Waals surface area contributed by atoms with Crippen LogP contribution < -0.4 is 5.32 Å². The summed E-state index contributed by atoms with van der Waals surface area (Å²) in [5.41, 5.74) is 2.81. The molecule has 1 amide bonds. The maximum Gasteiger partial charge on any atom is 0.274 e. The normalized spacial score (nSPS) is 19.1. The number of fused-ring (bicyclic) bond motifs is 1. The number of aromatic nitrogens is 2. The van der Waals surface area contributed by atoms with Gasteiger partial charge < -0.3 is 10.2 Å². The van der Waals surface area contributed by atoms with Crippen LogP contribution in [0.15, 0.2) is 0 Å². The van der Waals surface area contributed by atoms with Gasteiger partial charge in [-0.05, 0) is 12.8 Å². The monoisotopic (exact) mass is 298 g/mol. The molecule has 20 heavy (non-hydrogen) atoms. The fraction of sp³-hybridized carbons (Fsp3) is 0.714. The number of carbonyl (C=O) groups is 1. The fourth-order valence-electron chi connectivity index (χ4n) is 3.20. The fourth-order valence-corrected chi connectivity index (χ4v) is 3.20. The Morgan fingerprint density at radius 1 is 1.30 bits per heavy atom. The molecule has 2 N–H and O–H groups in total. The number of H-pyrrole nitrogens is 1. The average Bonchev–Trinajstić information content (AvgIpc) is 2.90. The van der Waals surface area contributed by atoms with Crippen LogP contribution in [0.1, 0.15) is 53.8 Å². The molecule has 2 heterocycles. The third-order valence-corrected chi connectivity index (χ3v) is 4.45. The number of rotatable bonds is 2. The lowest BCUT2D eigenvalue weighted by Gasteiger charge is -2.31. The lowest BCUT2D eigenvalue weighted by atomic mass is 9.94. The Hall–Kier alpha value is -1.07. The van der Waals surface area contributed by atoms with Crippen molar-refractivity contribution in [2.24, 2.45) is 0 Å². The van der Waals surface area contributed by atoms with Crippen LogP contribution in [-0.2, 0) is 13.0 Å². The zero-order valence-corrected chi connectivity index (χ0v) is 12.8. The van der Waals surface area contributed by atoms with Crippen LogP contribution in [0.3, 0.4) is 0 Å². The minimum absolute atomic E-state index is 0. The van der Waals surface area contributed by atoms with Crippen LogP contribution in [0, 0.1) is 0 Å². The lowest BCUT2D eigenvalue weighted by Crippen LogP contribution is -2.39. The molecule has 1 fully saturated rings. The number of halogens is 1. The van der Waals surface area contributed by atoms with Gasteiger partial charge in [0.05, 0.1) is 0 Å². The van der Waals surface area contributed by atoms with Gasteiger partial charge in [0.2, 0.25) is 0 Å². The third-order valence-electron chi connectivity index (χ3n) is 4.45. The highest BCUT2D eigenvalue weighted by Crippen LogP contribution is 2.24. The maximum atomic E-state index is 12.6. The first-order chi connectivity index (χ1) is 9.27. The topological polar surface area (TPSA) is 61.0 Å². The molecule has 5 nitrogen and oxygen atoms in total. The molecule has 112 valence electrons. The van der Waals surface area contributed by atoms with Crippen molar-refractivity contribution in [1.29, 1.82) is 0 Å². The number of hydrogen-bond acceptors (Lipinski definition) is 3. The first kappa shape index (κ1) is 15.3. The molecule has 1 aromatic rings. The summed E-state index contributed by atoms with van der Waals surface area (Å²) in [6.07, 6.45) is 6.98. The molecule has 0 radical (unpaired) electrons. The van der Waals surface area contributed by atoms with Gasteiger partial charge in [-0.15, -0.1) is 12.4 Å². The van der Waals surface area contributed by atoms with Crippen LogP contribution in [0.25, 0.3) is 0 Å². The summed E-state index contributed by atoms with van der Waals surface area (Å²) in [4.78, 5) is 14.5. The Balaban J connectivity index is 0.00000147. The summed E-state index contributed by atoms with van der Waals surface area (Å²) in [7, 11) is 1.93. The van der Waals surface area contributed by atoms with Crippen molar-refractivity contribution in [2.75, 3.05) is 13.6 Å². The number of amides is 1. The average molecular weight is 299 g/mol. The zero-order valence-electron chi connectivity index (χ0n) is 11.9. The molecule has 2 aliphatic rings. The SMILES string of the molecule is CN(C(=O)c1n[nH]c2c1CNCC2)C1CCCCC1.Cl. The minimum Gasteiger partial charge on any atom is -0.337 e. The molecular formula is C14H23ClN4O. The van der Waals surface area contributed by atoms with Crippen LogP contribution >= 0.6 is 12.4 Å². The standard InChI is InChI=1S/C14H22N4O.ClH/c1-18(10-5-3-2-4-6-10)14(19)13-11-9-15-8-7-12(11)16-17-13;/h10,15H,2-9H2,1H3,(H,16,17);1H. The van der Waals surface area contributed by atoms with Crippen molar-refractivity contribution in [1.82, 2.24) is 20.4 Å². The number of nitrogens with one attached hydrogen (secondary N) is 2. The van der Waals surface area contributed by atoms with Crippen LogP contribution in [0.5, 0.6) is 0 Å². The highest BCUT2D eigenvalue weighted by atomic mass is 35.5. The van der Waals surface area contributed by atoms with E-state index in [1.165, 1.54) is 19.3 Å². The van der Waals surface area contributed by atoms with Crippen molar-refractivity contribution >= 4 is 18.3 Å². The molecule has 0 unspecified atom stereocenters. The predicted molar refractivity (Wildman–Crippen MR) is 80.2 cm³/mol. The Labute approximate surface area is 125 Å². The second-order valence-electron chi connectivity index (χ2n) is 5.66. The van der Waals surface area contributed by atoms with Crippen LogP contribution in [0.4, 0.5) is 0 Å². The molecular weight excluding hydrogens is 276 g/mol. The molecule has 1 aliphatic heterocycles. The summed E-state index contributed by atoms with van der Waals surface area (Å²) in [5.74, 6) is 0.0769. The maximum absolute atomic E-state index is 12.6. The van der Waals surface area contributed by atoms with E-state index in [4.69, 9.17) is 0 Å².